The van der Waals surface area contributed by atoms with E-state index in [-0.39, 0.29) is 5.97 Å². The molecule has 0 aromatic carbocycles. The molecule has 108 valence electrons. The number of esters is 1. The highest BCUT2D eigenvalue weighted by Gasteiger charge is 2.43. The topological polar surface area (TPSA) is 38.8 Å². The molecule has 1 aliphatic carbocycles. The summed E-state index contributed by atoms with van der Waals surface area (Å²) in [5.41, 5.74) is 0.484. The highest BCUT2D eigenvalue weighted by atomic mass is 16.6. The fraction of sp³-hybridized carbons (Fsp3) is 0.812. The van der Waals surface area contributed by atoms with Gasteiger partial charge in [-0.3, -0.25) is 0 Å². The van der Waals surface area contributed by atoms with E-state index >= 15 is 0 Å². The molecule has 0 N–H and O–H groups in total. The summed E-state index contributed by atoms with van der Waals surface area (Å²) < 4.78 is 10.6. The molecule has 2 rings (SSSR count). The molecular formula is C16H26O3. The van der Waals surface area contributed by atoms with E-state index in [1.54, 1.807) is 6.92 Å². The van der Waals surface area contributed by atoms with Crippen LogP contribution >= 0.6 is 0 Å². The molecule has 0 aromatic heterocycles. The largest absolute Gasteiger partial charge is 0.462 e. The fourth-order valence-electron chi connectivity index (χ4n) is 2.93. The number of rotatable bonds is 8. The molecule has 1 saturated heterocycles. The van der Waals surface area contributed by atoms with Crippen LogP contribution in [-0.4, -0.2) is 24.8 Å². The zero-order valence-corrected chi connectivity index (χ0v) is 12.0. The number of fused-ring (bicyclic) bond motifs is 1. The molecule has 0 radical (unpaired) electrons. The van der Waals surface area contributed by atoms with Gasteiger partial charge in [-0.05, 0) is 38.5 Å². The Hall–Kier alpha value is -0.830. The molecule has 0 bridgehead atoms. The lowest BCUT2D eigenvalue weighted by atomic mass is 9.85. The monoisotopic (exact) mass is 266 g/mol. The maximum Gasteiger partial charge on any atom is 0.333 e. The van der Waals surface area contributed by atoms with Crippen molar-refractivity contribution in [1.29, 1.82) is 0 Å². The first-order valence-corrected chi connectivity index (χ1v) is 7.65. The van der Waals surface area contributed by atoms with E-state index in [4.69, 9.17) is 9.47 Å². The van der Waals surface area contributed by atoms with Gasteiger partial charge >= 0.3 is 5.97 Å². The molecule has 2 fully saturated rings. The summed E-state index contributed by atoms with van der Waals surface area (Å²) in [6.07, 6.45) is 11.2. The lowest BCUT2D eigenvalue weighted by Gasteiger charge is -2.18. The number of hydrogen-bond donors (Lipinski definition) is 0. The molecule has 19 heavy (non-hydrogen) atoms. The molecule has 3 atom stereocenters. The van der Waals surface area contributed by atoms with Crippen molar-refractivity contribution in [2.75, 3.05) is 6.61 Å². The van der Waals surface area contributed by atoms with Crippen LogP contribution in [0, 0.1) is 5.92 Å². The average molecular weight is 266 g/mol. The molecule has 0 aromatic rings. The van der Waals surface area contributed by atoms with Crippen molar-refractivity contribution in [1.82, 2.24) is 0 Å². The first-order chi connectivity index (χ1) is 9.16. The molecule has 0 amide bonds. The van der Waals surface area contributed by atoms with Gasteiger partial charge in [0.15, 0.2) is 0 Å². The van der Waals surface area contributed by atoms with Crippen molar-refractivity contribution in [2.24, 2.45) is 5.92 Å². The maximum absolute atomic E-state index is 11.1. The van der Waals surface area contributed by atoms with Gasteiger partial charge in [-0.2, -0.15) is 0 Å². The zero-order valence-electron chi connectivity index (χ0n) is 12.0. The molecule has 2 aliphatic rings. The second-order valence-corrected chi connectivity index (χ2v) is 6.01. The van der Waals surface area contributed by atoms with Crippen molar-refractivity contribution in [2.45, 2.75) is 70.5 Å². The minimum Gasteiger partial charge on any atom is -0.462 e. The molecule has 1 aliphatic heterocycles. The van der Waals surface area contributed by atoms with Crippen LogP contribution in [0.5, 0.6) is 0 Å². The number of carbonyl (C=O) groups is 1. The lowest BCUT2D eigenvalue weighted by Crippen LogP contribution is -2.13. The quantitative estimate of drug-likeness (QED) is 0.291. The first-order valence-electron chi connectivity index (χ1n) is 7.65. The maximum atomic E-state index is 11.1. The Balaban J connectivity index is 1.40. The van der Waals surface area contributed by atoms with Crippen molar-refractivity contribution < 1.29 is 14.3 Å². The Morgan fingerprint density at radius 3 is 2.74 bits per heavy atom. The minimum absolute atomic E-state index is 0.263. The summed E-state index contributed by atoms with van der Waals surface area (Å²) in [7, 11) is 0. The van der Waals surface area contributed by atoms with Crippen LogP contribution in [-0.2, 0) is 14.3 Å². The van der Waals surface area contributed by atoms with Crippen molar-refractivity contribution >= 4 is 5.97 Å². The Kier molecular flexibility index (Phi) is 5.44. The second-order valence-electron chi connectivity index (χ2n) is 6.01. The van der Waals surface area contributed by atoms with E-state index < -0.39 is 0 Å². The second kappa shape index (κ2) is 7.09. The van der Waals surface area contributed by atoms with Gasteiger partial charge in [-0.1, -0.05) is 32.3 Å². The van der Waals surface area contributed by atoms with E-state index in [2.05, 4.69) is 6.58 Å². The van der Waals surface area contributed by atoms with Crippen LogP contribution in [0.15, 0.2) is 12.2 Å². The fourth-order valence-corrected chi connectivity index (χ4v) is 2.93. The Labute approximate surface area is 116 Å². The average Bonchev–Trinajstić information content (AvgIpc) is 3.15. The molecule has 3 unspecified atom stereocenters. The molecule has 3 nitrogen and oxygen atoms in total. The number of hydrogen-bond acceptors (Lipinski definition) is 3. The van der Waals surface area contributed by atoms with E-state index in [0.717, 1.165) is 18.8 Å². The van der Waals surface area contributed by atoms with E-state index in [0.29, 0.717) is 24.4 Å². The summed E-state index contributed by atoms with van der Waals surface area (Å²) in [6, 6.07) is 0. The van der Waals surface area contributed by atoms with Crippen LogP contribution < -0.4 is 0 Å². The third-order valence-electron chi connectivity index (χ3n) is 4.20. The highest BCUT2D eigenvalue weighted by molar-refractivity contribution is 5.86. The van der Waals surface area contributed by atoms with Gasteiger partial charge in [-0.15, -0.1) is 0 Å². The predicted octanol–water partition coefficient (Wildman–Crippen LogP) is 3.62. The summed E-state index contributed by atoms with van der Waals surface area (Å²) >= 11 is 0. The Bertz CT molecular complexity index is 324. The highest BCUT2D eigenvalue weighted by Crippen LogP contribution is 2.41. The molecule has 1 heterocycles. The smallest absolute Gasteiger partial charge is 0.333 e. The van der Waals surface area contributed by atoms with Crippen molar-refractivity contribution in [3.63, 3.8) is 0 Å². The minimum atomic E-state index is -0.263. The number of ether oxygens (including phenoxy) is 2. The Morgan fingerprint density at radius 2 is 2.00 bits per heavy atom. The van der Waals surface area contributed by atoms with Crippen LogP contribution in [0.1, 0.15) is 58.3 Å². The summed E-state index contributed by atoms with van der Waals surface area (Å²) in [5.74, 6) is 0.631. The summed E-state index contributed by atoms with van der Waals surface area (Å²) in [4.78, 5) is 11.1. The van der Waals surface area contributed by atoms with E-state index in [9.17, 15) is 4.79 Å². The van der Waals surface area contributed by atoms with Crippen molar-refractivity contribution in [3.8, 4) is 0 Å². The van der Waals surface area contributed by atoms with Crippen LogP contribution in [0.3, 0.4) is 0 Å². The number of unbranched alkanes of at least 4 members (excludes halogenated alkanes) is 3. The van der Waals surface area contributed by atoms with Crippen LogP contribution in [0.4, 0.5) is 0 Å². The SMILES string of the molecule is C=C(C)C(=O)OCCCCCCC1CCC2OC2C1. The third kappa shape index (κ3) is 4.98. The molecule has 3 heteroatoms. The van der Waals surface area contributed by atoms with E-state index in [1.807, 2.05) is 0 Å². The third-order valence-corrected chi connectivity index (χ3v) is 4.20. The van der Waals surface area contributed by atoms with Crippen LogP contribution in [0.2, 0.25) is 0 Å². The van der Waals surface area contributed by atoms with Crippen LogP contribution in [0.25, 0.3) is 0 Å². The Morgan fingerprint density at radius 1 is 1.21 bits per heavy atom. The normalized spacial score (nSPS) is 28.6. The summed E-state index contributed by atoms with van der Waals surface area (Å²) in [5, 5.41) is 0. The standard InChI is InChI=1S/C16H26O3/c1-12(2)16(17)18-10-6-4-3-5-7-13-8-9-14-15(11-13)19-14/h13-15H,1,3-11H2,2H3. The van der Waals surface area contributed by atoms with E-state index in [1.165, 1.54) is 38.5 Å². The lowest BCUT2D eigenvalue weighted by molar-refractivity contribution is -0.139. The van der Waals surface area contributed by atoms with Gasteiger partial charge in [-0.25, -0.2) is 4.79 Å². The molecule has 0 spiro atoms. The predicted molar refractivity (Wildman–Crippen MR) is 74.9 cm³/mol. The zero-order chi connectivity index (χ0) is 13.7. The van der Waals surface area contributed by atoms with Gasteiger partial charge < -0.3 is 9.47 Å². The van der Waals surface area contributed by atoms with Crippen molar-refractivity contribution in [3.05, 3.63) is 12.2 Å². The summed E-state index contributed by atoms with van der Waals surface area (Å²) in [6.45, 7) is 5.78. The molecule has 1 saturated carbocycles. The van der Waals surface area contributed by atoms with Gasteiger partial charge in [0.2, 0.25) is 0 Å². The van der Waals surface area contributed by atoms with Gasteiger partial charge in [0.1, 0.15) is 0 Å². The molecular weight excluding hydrogens is 240 g/mol. The van der Waals surface area contributed by atoms with Gasteiger partial charge in [0.05, 0.1) is 18.8 Å². The first kappa shape index (κ1) is 14.6. The number of carbonyl (C=O) groups excluding carboxylic acids is 1. The number of epoxide rings is 1. The van der Waals surface area contributed by atoms with Gasteiger partial charge in [0, 0.05) is 5.57 Å². The van der Waals surface area contributed by atoms with Gasteiger partial charge in [0.25, 0.3) is 0 Å².